The summed E-state index contributed by atoms with van der Waals surface area (Å²) in [5.74, 6) is 0.0498. The average Bonchev–Trinajstić information content (AvgIpc) is 2.55. The molecular weight excluding hydrogens is 268 g/mol. The third-order valence-corrected chi connectivity index (χ3v) is 2.47. The zero-order valence-electron chi connectivity index (χ0n) is 11.3. The van der Waals surface area contributed by atoms with Crippen molar-refractivity contribution < 1.29 is 14.3 Å². The number of ether oxygens (including phenoxy) is 2. The van der Waals surface area contributed by atoms with Crippen molar-refractivity contribution in [2.75, 3.05) is 6.79 Å². The van der Waals surface area contributed by atoms with Crippen LogP contribution < -0.4 is 4.74 Å². The maximum atomic E-state index is 10.8. The molecule has 0 aliphatic heterocycles. The quantitative estimate of drug-likeness (QED) is 0.346. The van der Waals surface area contributed by atoms with Crippen LogP contribution >= 0.6 is 0 Å². The van der Waals surface area contributed by atoms with Gasteiger partial charge in [-0.3, -0.25) is 0 Å². The number of rotatable bonds is 6. The molecule has 0 atom stereocenters. The number of carbonyl (C=O) groups is 1. The molecular formula is C16H14N2O3. The second-order valence-electron chi connectivity index (χ2n) is 3.96. The summed E-state index contributed by atoms with van der Waals surface area (Å²) in [5.41, 5.74) is 1.49. The van der Waals surface area contributed by atoms with Crippen LogP contribution in [0.5, 0.6) is 5.75 Å². The summed E-state index contributed by atoms with van der Waals surface area (Å²) in [6.07, 6.45) is 1.08. The Morgan fingerprint density at radius 3 is 2.24 bits per heavy atom. The van der Waals surface area contributed by atoms with E-state index in [0.29, 0.717) is 11.4 Å². The maximum Gasteiger partial charge on any atom is 0.333 e. The molecule has 0 saturated carbocycles. The van der Waals surface area contributed by atoms with Crippen molar-refractivity contribution in [3.8, 4) is 5.75 Å². The first-order chi connectivity index (χ1) is 10.3. The minimum Gasteiger partial charge on any atom is -0.457 e. The Morgan fingerprint density at radius 1 is 1.00 bits per heavy atom. The van der Waals surface area contributed by atoms with E-state index in [0.717, 1.165) is 11.8 Å². The van der Waals surface area contributed by atoms with Gasteiger partial charge in [0.2, 0.25) is 6.79 Å². The van der Waals surface area contributed by atoms with Gasteiger partial charge >= 0.3 is 5.97 Å². The van der Waals surface area contributed by atoms with Crippen molar-refractivity contribution in [2.45, 2.75) is 0 Å². The number of hydrogen-bond acceptors (Lipinski definition) is 5. The van der Waals surface area contributed by atoms with Crippen LogP contribution in [0.15, 0.2) is 77.5 Å². The van der Waals surface area contributed by atoms with Crippen molar-refractivity contribution >= 4 is 17.3 Å². The minimum atomic E-state index is -0.525. The third kappa shape index (κ3) is 4.91. The summed E-state index contributed by atoms with van der Waals surface area (Å²) in [6.45, 7) is 3.13. The van der Waals surface area contributed by atoms with Crippen LogP contribution in [0, 0.1) is 0 Å². The van der Waals surface area contributed by atoms with Crippen LogP contribution in [0.4, 0.5) is 11.4 Å². The number of carbonyl (C=O) groups excluding carboxylic acids is 1. The zero-order valence-corrected chi connectivity index (χ0v) is 11.3. The third-order valence-electron chi connectivity index (χ3n) is 2.47. The molecule has 106 valence electrons. The number of nitrogens with zero attached hydrogens (tertiary/aromatic N) is 2. The van der Waals surface area contributed by atoms with E-state index in [1.807, 2.05) is 30.3 Å². The van der Waals surface area contributed by atoms with Crippen LogP contribution in [0.1, 0.15) is 0 Å². The lowest BCUT2D eigenvalue weighted by Gasteiger charge is -2.05. The van der Waals surface area contributed by atoms with Crippen molar-refractivity contribution in [3.63, 3.8) is 0 Å². The van der Waals surface area contributed by atoms with Gasteiger partial charge in [0.05, 0.1) is 11.4 Å². The lowest BCUT2D eigenvalue weighted by atomic mass is 10.3. The van der Waals surface area contributed by atoms with E-state index in [-0.39, 0.29) is 6.79 Å². The fourth-order valence-corrected chi connectivity index (χ4v) is 1.43. The van der Waals surface area contributed by atoms with Gasteiger partial charge in [-0.25, -0.2) is 4.79 Å². The van der Waals surface area contributed by atoms with Crippen molar-refractivity contribution in [1.82, 2.24) is 0 Å². The van der Waals surface area contributed by atoms with Crippen LogP contribution in [0.2, 0.25) is 0 Å². The highest BCUT2D eigenvalue weighted by Gasteiger charge is 1.97. The summed E-state index contributed by atoms with van der Waals surface area (Å²) in [7, 11) is 0. The van der Waals surface area contributed by atoms with Crippen molar-refractivity contribution in [1.29, 1.82) is 0 Å². The molecule has 2 rings (SSSR count). The molecule has 0 aromatic heterocycles. The molecule has 2 aromatic carbocycles. The predicted molar refractivity (Wildman–Crippen MR) is 78.8 cm³/mol. The van der Waals surface area contributed by atoms with E-state index in [1.54, 1.807) is 24.3 Å². The second kappa shape index (κ2) is 7.59. The standard InChI is InChI=1S/C16H14N2O3/c1-2-16(19)21-12-20-15-10-8-14(9-11-15)18-17-13-6-4-3-5-7-13/h2-11H,1,12H2. The first-order valence-electron chi connectivity index (χ1n) is 6.27. The van der Waals surface area contributed by atoms with Gasteiger partial charge in [0.1, 0.15) is 5.75 Å². The summed E-state index contributed by atoms with van der Waals surface area (Å²) in [5, 5.41) is 8.22. The Kier molecular flexibility index (Phi) is 5.23. The molecule has 0 saturated heterocycles. The average molecular weight is 282 g/mol. The number of azo groups is 1. The molecule has 0 aliphatic carbocycles. The molecule has 5 heteroatoms. The molecule has 2 aromatic rings. The summed E-state index contributed by atoms with van der Waals surface area (Å²) in [6, 6.07) is 16.4. The van der Waals surface area contributed by atoms with E-state index < -0.39 is 5.97 Å². The van der Waals surface area contributed by atoms with Gasteiger partial charge in [-0.2, -0.15) is 10.2 Å². The summed E-state index contributed by atoms with van der Waals surface area (Å²) < 4.78 is 9.94. The minimum absolute atomic E-state index is 0.157. The van der Waals surface area contributed by atoms with E-state index >= 15 is 0 Å². The topological polar surface area (TPSA) is 60.2 Å². The molecule has 21 heavy (non-hydrogen) atoms. The molecule has 0 aliphatic rings. The molecule has 5 nitrogen and oxygen atoms in total. The fourth-order valence-electron chi connectivity index (χ4n) is 1.43. The lowest BCUT2D eigenvalue weighted by molar-refractivity contribution is -0.144. The molecule has 0 heterocycles. The first kappa shape index (κ1) is 14.5. The van der Waals surface area contributed by atoms with Crippen LogP contribution in [0.3, 0.4) is 0 Å². The Balaban J connectivity index is 1.88. The van der Waals surface area contributed by atoms with Gasteiger partial charge in [0.25, 0.3) is 0 Å². The molecule has 0 unspecified atom stereocenters. The molecule has 0 N–H and O–H groups in total. The van der Waals surface area contributed by atoms with Crippen molar-refractivity contribution in [3.05, 3.63) is 67.3 Å². The molecule has 0 bridgehead atoms. The summed E-state index contributed by atoms with van der Waals surface area (Å²) >= 11 is 0. The van der Waals surface area contributed by atoms with E-state index in [9.17, 15) is 4.79 Å². The molecule has 0 fully saturated rings. The predicted octanol–water partition coefficient (Wildman–Crippen LogP) is 4.17. The second-order valence-corrected chi connectivity index (χ2v) is 3.96. The lowest BCUT2D eigenvalue weighted by Crippen LogP contribution is -2.07. The van der Waals surface area contributed by atoms with Crippen LogP contribution in [-0.2, 0) is 9.53 Å². The van der Waals surface area contributed by atoms with Gasteiger partial charge in [-0.15, -0.1) is 0 Å². The summed E-state index contributed by atoms with van der Waals surface area (Å²) in [4.78, 5) is 10.8. The van der Waals surface area contributed by atoms with Gasteiger partial charge in [0.15, 0.2) is 0 Å². The number of hydrogen-bond donors (Lipinski definition) is 0. The zero-order chi connectivity index (χ0) is 14.9. The monoisotopic (exact) mass is 282 g/mol. The smallest absolute Gasteiger partial charge is 0.333 e. The maximum absolute atomic E-state index is 10.8. The Bertz CT molecular complexity index is 622. The SMILES string of the molecule is C=CC(=O)OCOc1ccc(N=Nc2ccccc2)cc1. The van der Waals surface area contributed by atoms with Gasteiger partial charge in [-0.1, -0.05) is 24.8 Å². The highest BCUT2D eigenvalue weighted by Crippen LogP contribution is 2.21. The van der Waals surface area contributed by atoms with Crippen LogP contribution in [-0.4, -0.2) is 12.8 Å². The highest BCUT2D eigenvalue weighted by atomic mass is 16.7. The van der Waals surface area contributed by atoms with E-state index in [1.165, 1.54) is 0 Å². The Hall–Kier alpha value is -2.95. The van der Waals surface area contributed by atoms with Gasteiger partial charge < -0.3 is 9.47 Å². The molecule has 0 spiro atoms. The van der Waals surface area contributed by atoms with Gasteiger partial charge in [-0.05, 0) is 36.4 Å². The van der Waals surface area contributed by atoms with Crippen molar-refractivity contribution in [2.24, 2.45) is 10.2 Å². The molecule has 0 amide bonds. The Labute approximate surface area is 122 Å². The van der Waals surface area contributed by atoms with E-state index in [4.69, 9.17) is 9.47 Å². The van der Waals surface area contributed by atoms with E-state index in [2.05, 4.69) is 16.8 Å². The van der Waals surface area contributed by atoms with Crippen LogP contribution in [0.25, 0.3) is 0 Å². The van der Waals surface area contributed by atoms with Gasteiger partial charge in [0, 0.05) is 6.08 Å². The largest absolute Gasteiger partial charge is 0.457 e. The number of esters is 1. The normalized spacial score (nSPS) is 10.3. The molecule has 0 radical (unpaired) electrons. The number of benzene rings is 2. The Morgan fingerprint density at radius 2 is 1.62 bits per heavy atom. The fraction of sp³-hybridized carbons (Fsp3) is 0.0625. The first-order valence-corrected chi connectivity index (χ1v) is 6.27. The highest BCUT2D eigenvalue weighted by molar-refractivity contribution is 5.81.